The summed E-state index contributed by atoms with van der Waals surface area (Å²) in [6, 6.07) is 20.4. The minimum atomic E-state index is -0.778. The van der Waals surface area contributed by atoms with Gasteiger partial charge in [-0.3, -0.25) is 19.7 Å². The normalized spacial score (nSPS) is 11.3. The van der Waals surface area contributed by atoms with Gasteiger partial charge in [0, 0.05) is 32.1 Å². The highest BCUT2D eigenvalue weighted by Gasteiger charge is 2.30. The summed E-state index contributed by atoms with van der Waals surface area (Å²) in [5.41, 5.74) is 2.60. The van der Waals surface area contributed by atoms with E-state index in [1.807, 2.05) is 61.5 Å². The van der Waals surface area contributed by atoms with Gasteiger partial charge in [0.15, 0.2) is 6.61 Å². The first-order valence-corrected chi connectivity index (χ1v) is 11.4. The van der Waals surface area contributed by atoms with Crippen molar-refractivity contribution in [1.82, 2.24) is 10.2 Å². The number of benzene rings is 3. The van der Waals surface area contributed by atoms with Crippen LogP contribution < -0.4 is 14.8 Å². The van der Waals surface area contributed by atoms with E-state index in [4.69, 9.17) is 9.47 Å². The van der Waals surface area contributed by atoms with E-state index in [-0.39, 0.29) is 36.2 Å². The topological polar surface area (TPSA) is 111 Å². The Kier molecular flexibility index (Phi) is 8.99. The Bertz CT molecular complexity index is 1220. The summed E-state index contributed by atoms with van der Waals surface area (Å²) in [5.74, 6) is -0.437. The number of aryl methyl sites for hydroxylation is 1. The Balaban J connectivity index is 1.89. The van der Waals surface area contributed by atoms with Gasteiger partial charge in [-0.25, -0.2) is 0 Å². The van der Waals surface area contributed by atoms with Crippen LogP contribution in [0, 0.1) is 17.0 Å². The van der Waals surface area contributed by atoms with Crippen LogP contribution in [0.5, 0.6) is 11.5 Å². The third-order valence-corrected chi connectivity index (χ3v) is 5.83. The highest BCUT2D eigenvalue weighted by Crippen LogP contribution is 2.30. The number of carbonyl (C=O) groups is 2. The highest BCUT2D eigenvalue weighted by atomic mass is 16.6. The summed E-state index contributed by atoms with van der Waals surface area (Å²) in [6.45, 7) is 1.79. The van der Waals surface area contributed by atoms with Crippen LogP contribution in [-0.2, 0) is 22.6 Å². The zero-order chi connectivity index (χ0) is 26.1. The first-order valence-electron chi connectivity index (χ1n) is 11.4. The lowest BCUT2D eigenvalue weighted by Crippen LogP contribution is -2.51. The molecule has 0 spiro atoms. The molecule has 9 nitrogen and oxygen atoms in total. The third kappa shape index (κ3) is 6.59. The molecule has 0 aliphatic rings. The summed E-state index contributed by atoms with van der Waals surface area (Å²) in [5, 5.41) is 13.8. The maximum atomic E-state index is 13.5. The van der Waals surface area contributed by atoms with Crippen molar-refractivity contribution in [2.24, 2.45) is 0 Å². The van der Waals surface area contributed by atoms with Crippen molar-refractivity contribution in [2.45, 2.75) is 25.9 Å². The Morgan fingerprint density at radius 2 is 1.75 bits per heavy atom. The minimum Gasteiger partial charge on any atom is -0.490 e. The number of amides is 2. The van der Waals surface area contributed by atoms with Crippen LogP contribution in [0.15, 0.2) is 72.8 Å². The van der Waals surface area contributed by atoms with E-state index in [1.54, 1.807) is 0 Å². The second-order valence-electron chi connectivity index (χ2n) is 8.15. The SMILES string of the molecule is CNC(=O)[C@H](Cc1ccccc1)N(Cc1ccccc1C)C(=O)COc1ccc([N+](=O)[O-])c(OC)c1. The lowest BCUT2D eigenvalue weighted by atomic mass is 10.0. The third-order valence-electron chi connectivity index (χ3n) is 5.83. The van der Waals surface area contributed by atoms with Crippen LogP contribution in [0.4, 0.5) is 5.69 Å². The van der Waals surface area contributed by atoms with E-state index >= 15 is 0 Å². The Hall–Kier alpha value is -4.40. The number of nitro groups is 1. The molecule has 9 heteroatoms. The quantitative estimate of drug-likeness (QED) is 0.324. The molecule has 0 heterocycles. The van der Waals surface area contributed by atoms with Crippen LogP contribution in [-0.4, -0.2) is 48.4 Å². The van der Waals surface area contributed by atoms with Gasteiger partial charge in [-0.15, -0.1) is 0 Å². The summed E-state index contributed by atoms with van der Waals surface area (Å²) in [6.07, 6.45) is 0.323. The Morgan fingerprint density at radius 3 is 2.39 bits per heavy atom. The smallest absolute Gasteiger partial charge is 0.311 e. The number of likely N-dealkylation sites (N-methyl/N-ethyl adjacent to an activating group) is 1. The van der Waals surface area contributed by atoms with Gasteiger partial charge >= 0.3 is 5.69 Å². The fourth-order valence-corrected chi connectivity index (χ4v) is 3.82. The lowest BCUT2D eigenvalue weighted by molar-refractivity contribution is -0.385. The average molecular weight is 492 g/mol. The van der Waals surface area contributed by atoms with Gasteiger partial charge in [-0.05, 0) is 29.7 Å². The molecule has 0 aliphatic carbocycles. The largest absolute Gasteiger partial charge is 0.490 e. The molecule has 3 rings (SSSR count). The van der Waals surface area contributed by atoms with Gasteiger partial charge in [0.25, 0.3) is 5.91 Å². The number of hydrogen-bond donors (Lipinski definition) is 1. The molecule has 36 heavy (non-hydrogen) atoms. The number of carbonyl (C=O) groups excluding carboxylic acids is 2. The van der Waals surface area contributed by atoms with E-state index in [9.17, 15) is 19.7 Å². The highest BCUT2D eigenvalue weighted by molar-refractivity contribution is 5.88. The monoisotopic (exact) mass is 491 g/mol. The van der Waals surface area contributed by atoms with Crippen molar-refractivity contribution in [2.75, 3.05) is 20.8 Å². The summed E-state index contributed by atoms with van der Waals surface area (Å²) in [4.78, 5) is 38.6. The zero-order valence-corrected chi connectivity index (χ0v) is 20.5. The molecular formula is C27H29N3O6. The van der Waals surface area contributed by atoms with Crippen LogP contribution in [0.2, 0.25) is 0 Å². The molecule has 188 valence electrons. The minimum absolute atomic E-state index is 0.0223. The molecule has 0 bridgehead atoms. The number of rotatable bonds is 11. The van der Waals surface area contributed by atoms with Gasteiger partial charge in [0.05, 0.1) is 12.0 Å². The van der Waals surface area contributed by atoms with Crippen molar-refractivity contribution in [1.29, 1.82) is 0 Å². The number of ether oxygens (including phenoxy) is 2. The molecule has 0 aliphatic heterocycles. The average Bonchev–Trinajstić information content (AvgIpc) is 2.90. The fraction of sp³-hybridized carbons (Fsp3) is 0.259. The van der Waals surface area contributed by atoms with Gasteiger partial charge in [-0.2, -0.15) is 0 Å². The number of nitrogens with one attached hydrogen (secondary N) is 1. The second-order valence-corrected chi connectivity index (χ2v) is 8.15. The number of nitrogens with zero attached hydrogens (tertiary/aromatic N) is 2. The second kappa shape index (κ2) is 12.3. The molecule has 3 aromatic rings. The van der Waals surface area contributed by atoms with E-state index in [0.29, 0.717) is 6.42 Å². The predicted molar refractivity (Wildman–Crippen MR) is 135 cm³/mol. The zero-order valence-electron chi connectivity index (χ0n) is 20.5. The van der Waals surface area contributed by atoms with Gasteiger partial charge in [0.1, 0.15) is 11.8 Å². The van der Waals surface area contributed by atoms with E-state index < -0.39 is 16.9 Å². The molecular weight excluding hydrogens is 462 g/mol. The fourth-order valence-electron chi connectivity index (χ4n) is 3.82. The standard InChI is InChI=1S/C27H29N3O6/c1-19-9-7-8-12-21(19)17-29(24(27(32)28-2)15-20-10-5-4-6-11-20)26(31)18-36-22-13-14-23(30(33)34)25(16-22)35-3/h4-14,16,24H,15,17-18H2,1-3H3,(H,28,32)/t24-/m0/s1. The Morgan fingerprint density at radius 1 is 1.06 bits per heavy atom. The van der Waals surface area contributed by atoms with Crippen molar-refractivity contribution in [3.05, 3.63) is 99.6 Å². The first-order chi connectivity index (χ1) is 17.3. The molecule has 0 saturated carbocycles. The summed E-state index contributed by atoms with van der Waals surface area (Å²) >= 11 is 0. The Labute approximate surface area is 209 Å². The molecule has 1 atom stereocenters. The van der Waals surface area contributed by atoms with Gasteiger partial charge in [0.2, 0.25) is 11.7 Å². The molecule has 0 saturated heterocycles. The first kappa shape index (κ1) is 26.2. The van der Waals surface area contributed by atoms with Crippen molar-refractivity contribution >= 4 is 17.5 Å². The number of hydrogen-bond acceptors (Lipinski definition) is 6. The van der Waals surface area contributed by atoms with Crippen LogP contribution in [0.3, 0.4) is 0 Å². The molecule has 3 aromatic carbocycles. The summed E-state index contributed by atoms with van der Waals surface area (Å²) < 4.78 is 10.8. The lowest BCUT2D eigenvalue weighted by Gasteiger charge is -2.31. The maximum absolute atomic E-state index is 13.5. The van der Waals surface area contributed by atoms with E-state index in [0.717, 1.165) is 16.7 Å². The molecule has 0 aromatic heterocycles. The number of methoxy groups -OCH3 is 1. The van der Waals surface area contributed by atoms with Crippen molar-refractivity contribution in [3.63, 3.8) is 0 Å². The predicted octanol–water partition coefficient (Wildman–Crippen LogP) is 3.68. The van der Waals surface area contributed by atoms with Gasteiger partial charge < -0.3 is 19.7 Å². The van der Waals surface area contributed by atoms with Crippen molar-refractivity contribution < 1.29 is 24.0 Å². The summed E-state index contributed by atoms with van der Waals surface area (Å²) in [7, 11) is 2.86. The molecule has 0 radical (unpaired) electrons. The van der Waals surface area contributed by atoms with Crippen LogP contribution in [0.1, 0.15) is 16.7 Å². The van der Waals surface area contributed by atoms with Crippen LogP contribution >= 0.6 is 0 Å². The maximum Gasteiger partial charge on any atom is 0.311 e. The van der Waals surface area contributed by atoms with Crippen molar-refractivity contribution in [3.8, 4) is 11.5 Å². The molecule has 0 fully saturated rings. The number of nitro benzene ring substituents is 1. The molecule has 2 amide bonds. The van der Waals surface area contributed by atoms with E-state index in [2.05, 4.69) is 5.32 Å². The van der Waals surface area contributed by atoms with E-state index in [1.165, 1.54) is 37.3 Å². The van der Waals surface area contributed by atoms with Crippen LogP contribution in [0.25, 0.3) is 0 Å². The van der Waals surface area contributed by atoms with Gasteiger partial charge in [-0.1, -0.05) is 54.6 Å². The molecule has 0 unspecified atom stereocenters. The molecule has 1 N–H and O–H groups in total.